The Morgan fingerprint density at radius 3 is 2.54 bits per heavy atom. The monoisotopic (exact) mass is 369 g/mol. The van der Waals surface area contributed by atoms with Gasteiger partial charge in [-0.05, 0) is 54.5 Å². The van der Waals surface area contributed by atoms with E-state index in [0.717, 1.165) is 5.56 Å². The highest BCUT2D eigenvalue weighted by molar-refractivity contribution is 6.30. The van der Waals surface area contributed by atoms with Crippen molar-refractivity contribution in [2.24, 2.45) is 5.73 Å². The van der Waals surface area contributed by atoms with Gasteiger partial charge in [-0.25, -0.2) is 0 Å². The highest BCUT2D eigenvalue weighted by Crippen LogP contribution is 2.21. The molecule has 0 spiro atoms. The molecule has 6 nitrogen and oxygen atoms in total. The molecule has 0 saturated heterocycles. The molecule has 0 radical (unpaired) electrons. The Labute approximate surface area is 155 Å². The summed E-state index contributed by atoms with van der Waals surface area (Å²) in [4.78, 5) is 23.0. The molecule has 0 unspecified atom stereocenters. The molecule has 2 amide bonds. The molecule has 0 aromatic heterocycles. The Morgan fingerprint density at radius 1 is 1.27 bits per heavy atom. The molecular formula is C19H16ClN3O3. The third kappa shape index (κ3) is 5.36. The van der Waals surface area contributed by atoms with E-state index in [0.29, 0.717) is 22.0 Å². The van der Waals surface area contributed by atoms with Crippen molar-refractivity contribution >= 4 is 35.2 Å². The summed E-state index contributed by atoms with van der Waals surface area (Å²) in [5, 5.41) is 12.5. The van der Waals surface area contributed by atoms with Crippen LogP contribution in [0.2, 0.25) is 5.02 Å². The van der Waals surface area contributed by atoms with E-state index in [4.69, 9.17) is 22.1 Å². The molecular weight excluding hydrogens is 354 g/mol. The van der Waals surface area contributed by atoms with Crippen molar-refractivity contribution < 1.29 is 14.3 Å². The third-order valence-corrected chi connectivity index (χ3v) is 3.61. The molecule has 0 saturated carbocycles. The van der Waals surface area contributed by atoms with Gasteiger partial charge in [0.15, 0.2) is 6.61 Å². The molecule has 2 rings (SSSR count). The van der Waals surface area contributed by atoms with Gasteiger partial charge in [0, 0.05) is 10.7 Å². The number of nitriles is 1. The lowest BCUT2D eigenvalue weighted by atomic mass is 10.1. The molecule has 0 aliphatic carbocycles. The number of nitrogens with two attached hydrogens (primary N) is 1. The summed E-state index contributed by atoms with van der Waals surface area (Å²) in [7, 11) is 0. The van der Waals surface area contributed by atoms with E-state index < -0.39 is 11.8 Å². The second kappa shape index (κ2) is 8.70. The molecule has 2 aromatic rings. The van der Waals surface area contributed by atoms with Crippen molar-refractivity contribution in [2.45, 2.75) is 6.92 Å². The zero-order valence-electron chi connectivity index (χ0n) is 14.0. The summed E-state index contributed by atoms with van der Waals surface area (Å²) >= 11 is 5.89. The van der Waals surface area contributed by atoms with Gasteiger partial charge in [-0.3, -0.25) is 9.59 Å². The number of ether oxygens (including phenoxy) is 1. The lowest BCUT2D eigenvalue weighted by molar-refractivity contribution is -0.120. The number of halogens is 1. The molecule has 26 heavy (non-hydrogen) atoms. The Balaban J connectivity index is 2.12. The number of hydrogen-bond acceptors (Lipinski definition) is 4. The van der Waals surface area contributed by atoms with Gasteiger partial charge in [-0.15, -0.1) is 0 Å². The highest BCUT2D eigenvalue weighted by atomic mass is 35.5. The van der Waals surface area contributed by atoms with E-state index >= 15 is 0 Å². The first-order valence-electron chi connectivity index (χ1n) is 7.59. The molecule has 0 aliphatic heterocycles. The van der Waals surface area contributed by atoms with Crippen LogP contribution in [0.15, 0.2) is 48.0 Å². The normalized spacial score (nSPS) is 10.7. The zero-order valence-corrected chi connectivity index (χ0v) is 14.7. The van der Waals surface area contributed by atoms with Crippen molar-refractivity contribution in [2.75, 3.05) is 11.9 Å². The minimum atomic E-state index is -0.574. The number of nitrogens with zero attached hydrogens (tertiary/aromatic N) is 1. The summed E-state index contributed by atoms with van der Waals surface area (Å²) < 4.78 is 5.15. The van der Waals surface area contributed by atoms with Gasteiger partial charge in [0.2, 0.25) is 0 Å². The first kappa shape index (κ1) is 19.0. The lowest BCUT2D eigenvalue weighted by Gasteiger charge is -2.08. The molecule has 2 aromatic carbocycles. The number of anilines is 1. The topological polar surface area (TPSA) is 105 Å². The van der Waals surface area contributed by atoms with Gasteiger partial charge in [-0.2, -0.15) is 5.26 Å². The predicted molar refractivity (Wildman–Crippen MR) is 99.5 cm³/mol. The lowest BCUT2D eigenvalue weighted by Crippen LogP contribution is -2.19. The number of carbonyl (C=O) groups is 2. The summed E-state index contributed by atoms with van der Waals surface area (Å²) in [6, 6.07) is 13.5. The first-order valence-corrected chi connectivity index (χ1v) is 7.97. The van der Waals surface area contributed by atoms with Crippen molar-refractivity contribution in [3.63, 3.8) is 0 Å². The van der Waals surface area contributed by atoms with Gasteiger partial charge in [0.1, 0.15) is 17.4 Å². The summed E-state index contributed by atoms with van der Waals surface area (Å²) in [5.74, 6) is -0.637. The minimum absolute atomic E-state index is 0.0508. The molecule has 3 N–H and O–H groups in total. The average Bonchev–Trinajstić information content (AvgIpc) is 2.61. The number of hydrogen-bond donors (Lipinski definition) is 2. The van der Waals surface area contributed by atoms with Crippen LogP contribution >= 0.6 is 11.6 Å². The number of nitrogens with one attached hydrogen (secondary N) is 1. The van der Waals surface area contributed by atoms with E-state index in [1.54, 1.807) is 42.5 Å². The number of amides is 2. The molecule has 7 heteroatoms. The first-order chi connectivity index (χ1) is 12.4. The van der Waals surface area contributed by atoms with Gasteiger partial charge < -0.3 is 15.8 Å². The largest absolute Gasteiger partial charge is 0.484 e. The molecule has 0 heterocycles. The summed E-state index contributed by atoms with van der Waals surface area (Å²) in [6.07, 6.45) is 1.46. The second-order valence-corrected chi connectivity index (χ2v) is 5.84. The maximum absolute atomic E-state index is 12.3. The standard InChI is InChI=1S/C19H16ClN3O3/c1-12-8-15(20)4-7-17(12)23-19(25)14(10-21)9-13-2-5-16(6-3-13)26-11-18(22)24/h2-9H,11H2,1H3,(H2,22,24)(H,23,25)/b14-9+. The van der Waals surface area contributed by atoms with Gasteiger partial charge in [-0.1, -0.05) is 23.7 Å². The maximum Gasteiger partial charge on any atom is 0.266 e. The van der Waals surface area contributed by atoms with Crippen LogP contribution in [-0.2, 0) is 9.59 Å². The Hall–Kier alpha value is -3.30. The average molecular weight is 370 g/mol. The SMILES string of the molecule is Cc1cc(Cl)ccc1NC(=O)/C(C#N)=C/c1ccc(OCC(N)=O)cc1. The summed E-state index contributed by atoms with van der Waals surface area (Å²) in [6.45, 7) is 1.59. The van der Waals surface area contributed by atoms with Crippen LogP contribution in [0.4, 0.5) is 5.69 Å². The highest BCUT2D eigenvalue weighted by Gasteiger charge is 2.11. The van der Waals surface area contributed by atoms with E-state index in [-0.39, 0.29) is 12.2 Å². The Kier molecular flexibility index (Phi) is 6.36. The van der Waals surface area contributed by atoms with Crippen LogP contribution in [-0.4, -0.2) is 18.4 Å². The minimum Gasteiger partial charge on any atom is -0.484 e. The third-order valence-electron chi connectivity index (χ3n) is 3.37. The van der Waals surface area contributed by atoms with Crippen LogP contribution in [0.25, 0.3) is 6.08 Å². The van der Waals surface area contributed by atoms with Gasteiger partial charge in [0.25, 0.3) is 11.8 Å². The fourth-order valence-electron chi connectivity index (χ4n) is 2.09. The predicted octanol–water partition coefficient (Wildman–Crippen LogP) is 3.06. The Morgan fingerprint density at radius 2 is 1.96 bits per heavy atom. The van der Waals surface area contributed by atoms with Crippen molar-refractivity contribution in [1.82, 2.24) is 0 Å². The second-order valence-electron chi connectivity index (χ2n) is 5.41. The molecule has 0 aliphatic rings. The maximum atomic E-state index is 12.3. The molecule has 0 atom stereocenters. The van der Waals surface area contributed by atoms with Crippen LogP contribution in [0.1, 0.15) is 11.1 Å². The number of rotatable bonds is 6. The van der Waals surface area contributed by atoms with Gasteiger partial charge >= 0.3 is 0 Å². The fraction of sp³-hybridized carbons (Fsp3) is 0.105. The summed E-state index contributed by atoms with van der Waals surface area (Å²) in [5.41, 5.74) is 6.96. The van der Waals surface area contributed by atoms with Crippen molar-refractivity contribution in [3.8, 4) is 11.8 Å². The van der Waals surface area contributed by atoms with Crippen LogP contribution in [0, 0.1) is 18.3 Å². The number of aryl methyl sites for hydroxylation is 1. The zero-order chi connectivity index (χ0) is 19.1. The van der Waals surface area contributed by atoms with Crippen LogP contribution < -0.4 is 15.8 Å². The Bertz CT molecular complexity index is 899. The number of primary amides is 1. The van der Waals surface area contributed by atoms with E-state index in [9.17, 15) is 14.9 Å². The van der Waals surface area contributed by atoms with Crippen LogP contribution in [0.3, 0.4) is 0 Å². The molecule has 132 valence electrons. The number of benzene rings is 2. The van der Waals surface area contributed by atoms with E-state index in [1.807, 2.05) is 13.0 Å². The fourth-order valence-corrected chi connectivity index (χ4v) is 2.31. The van der Waals surface area contributed by atoms with E-state index in [2.05, 4.69) is 5.32 Å². The van der Waals surface area contributed by atoms with Crippen molar-refractivity contribution in [3.05, 3.63) is 64.2 Å². The van der Waals surface area contributed by atoms with E-state index in [1.165, 1.54) is 6.08 Å². The molecule has 0 fully saturated rings. The van der Waals surface area contributed by atoms with Crippen molar-refractivity contribution in [1.29, 1.82) is 5.26 Å². The van der Waals surface area contributed by atoms with Gasteiger partial charge in [0.05, 0.1) is 0 Å². The molecule has 0 bridgehead atoms. The smallest absolute Gasteiger partial charge is 0.266 e. The van der Waals surface area contributed by atoms with Crippen LogP contribution in [0.5, 0.6) is 5.75 Å². The number of carbonyl (C=O) groups excluding carboxylic acids is 2. The quantitative estimate of drug-likeness (QED) is 0.603.